The summed E-state index contributed by atoms with van der Waals surface area (Å²) in [6, 6.07) is 6.89. The quantitative estimate of drug-likeness (QED) is 0.811. The number of carbonyl (C=O) groups excluding carboxylic acids is 1. The molecule has 1 fully saturated rings. The van der Waals surface area contributed by atoms with Crippen LogP contribution < -0.4 is 5.32 Å². The lowest BCUT2D eigenvalue weighted by Crippen LogP contribution is -2.39. The van der Waals surface area contributed by atoms with Crippen LogP contribution in [-0.4, -0.2) is 23.5 Å². The highest BCUT2D eigenvalue weighted by atomic mass is 16.4. The molecule has 1 aromatic rings. The fourth-order valence-corrected chi connectivity index (χ4v) is 2.27. The minimum absolute atomic E-state index is 0.0770. The van der Waals surface area contributed by atoms with E-state index in [1.54, 1.807) is 24.3 Å². The average molecular weight is 273 g/mol. The van der Waals surface area contributed by atoms with Crippen molar-refractivity contribution in [1.29, 1.82) is 0 Å². The molecule has 20 heavy (non-hydrogen) atoms. The third-order valence-corrected chi connectivity index (χ3v) is 3.83. The van der Waals surface area contributed by atoms with Crippen LogP contribution in [0, 0.1) is 5.41 Å². The van der Waals surface area contributed by atoms with Crippen molar-refractivity contribution in [2.75, 3.05) is 6.54 Å². The van der Waals surface area contributed by atoms with Crippen molar-refractivity contribution >= 4 is 18.0 Å². The van der Waals surface area contributed by atoms with Gasteiger partial charge in [0.05, 0.1) is 0 Å². The number of carboxylic acids is 1. The van der Waals surface area contributed by atoms with E-state index in [0.717, 1.165) is 11.6 Å². The topological polar surface area (TPSA) is 66.4 Å². The summed E-state index contributed by atoms with van der Waals surface area (Å²) in [5.41, 5.74) is 1.62. The lowest BCUT2D eigenvalue weighted by Gasteiger charge is -2.38. The van der Waals surface area contributed by atoms with E-state index in [1.165, 1.54) is 25.3 Å². The Labute approximate surface area is 118 Å². The normalized spacial score (nSPS) is 16.6. The Morgan fingerprint density at radius 1 is 1.30 bits per heavy atom. The SMILES string of the molecule is CC1(CNC(=O)c2ccc(/C=C/C(=O)O)cc2)CCC1. The van der Waals surface area contributed by atoms with Gasteiger partial charge in [0.1, 0.15) is 0 Å². The number of hydrogen-bond acceptors (Lipinski definition) is 2. The first-order valence-corrected chi connectivity index (χ1v) is 6.78. The third kappa shape index (κ3) is 3.70. The zero-order valence-corrected chi connectivity index (χ0v) is 11.6. The Balaban J connectivity index is 1.91. The van der Waals surface area contributed by atoms with Gasteiger partial charge >= 0.3 is 5.97 Å². The van der Waals surface area contributed by atoms with Crippen LogP contribution in [-0.2, 0) is 4.79 Å². The third-order valence-electron chi connectivity index (χ3n) is 3.83. The van der Waals surface area contributed by atoms with E-state index in [4.69, 9.17) is 5.11 Å². The van der Waals surface area contributed by atoms with Crippen LogP contribution >= 0.6 is 0 Å². The maximum absolute atomic E-state index is 12.0. The highest BCUT2D eigenvalue weighted by Gasteiger charge is 2.31. The maximum atomic E-state index is 12.0. The van der Waals surface area contributed by atoms with Gasteiger partial charge in [0.2, 0.25) is 0 Å². The van der Waals surface area contributed by atoms with Crippen molar-refractivity contribution in [3.63, 3.8) is 0 Å². The minimum atomic E-state index is -0.986. The lowest BCUT2D eigenvalue weighted by molar-refractivity contribution is -0.131. The fraction of sp³-hybridized carbons (Fsp3) is 0.375. The molecule has 4 heteroatoms. The fourth-order valence-electron chi connectivity index (χ4n) is 2.27. The second-order valence-corrected chi connectivity index (χ2v) is 5.64. The van der Waals surface area contributed by atoms with Crippen LogP contribution in [0.1, 0.15) is 42.1 Å². The van der Waals surface area contributed by atoms with Gasteiger partial charge in [-0.25, -0.2) is 4.79 Å². The molecule has 2 N–H and O–H groups in total. The molecule has 0 unspecified atom stereocenters. The maximum Gasteiger partial charge on any atom is 0.328 e. The number of nitrogens with one attached hydrogen (secondary N) is 1. The van der Waals surface area contributed by atoms with Crippen molar-refractivity contribution in [2.24, 2.45) is 5.41 Å². The molecule has 0 bridgehead atoms. The molecular weight excluding hydrogens is 254 g/mol. The largest absolute Gasteiger partial charge is 0.478 e. The Hall–Kier alpha value is -2.10. The van der Waals surface area contributed by atoms with Crippen LogP contribution in [0.4, 0.5) is 0 Å². The molecule has 0 spiro atoms. The standard InChI is InChI=1S/C16H19NO3/c1-16(9-2-10-16)11-17-15(20)13-6-3-12(4-7-13)5-8-14(18)19/h3-8H,2,9-11H2,1H3,(H,17,20)(H,18,19)/b8-5+. The summed E-state index contributed by atoms with van der Waals surface area (Å²) < 4.78 is 0. The van der Waals surface area contributed by atoms with Crippen molar-refractivity contribution in [2.45, 2.75) is 26.2 Å². The Bertz CT molecular complexity index is 527. The van der Waals surface area contributed by atoms with Gasteiger partial charge in [0, 0.05) is 18.2 Å². The van der Waals surface area contributed by atoms with Crippen LogP contribution in [0.2, 0.25) is 0 Å². The van der Waals surface area contributed by atoms with E-state index in [0.29, 0.717) is 12.1 Å². The van der Waals surface area contributed by atoms with E-state index < -0.39 is 5.97 Å². The van der Waals surface area contributed by atoms with E-state index >= 15 is 0 Å². The van der Waals surface area contributed by atoms with Gasteiger partial charge in [-0.3, -0.25) is 4.79 Å². The Morgan fingerprint density at radius 2 is 1.95 bits per heavy atom. The molecular formula is C16H19NO3. The minimum Gasteiger partial charge on any atom is -0.478 e. The van der Waals surface area contributed by atoms with E-state index in [2.05, 4.69) is 12.2 Å². The molecule has 0 saturated heterocycles. The molecule has 0 heterocycles. The predicted octanol–water partition coefficient (Wildman–Crippen LogP) is 2.70. The summed E-state index contributed by atoms with van der Waals surface area (Å²) in [7, 11) is 0. The van der Waals surface area contributed by atoms with Gasteiger partial charge in [-0.1, -0.05) is 25.5 Å². The van der Waals surface area contributed by atoms with Gasteiger partial charge < -0.3 is 10.4 Å². The van der Waals surface area contributed by atoms with Crippen LogP contribution in [0.3, 0.4) is 0 Å². The average Bonchev–Trinajstić information content (AvgIpc) is 2.41. The second kappa shape index (κ2) is 5.90. The summed E-state index contributed by atoms with van der Waals surface area (Å²) in [4.78, 5) is 22.4. The summed E-state index contributed by atoms with van der Waals surface area (Å²) in [5, 5.41) is 11.5. The van der Waals surface area contributed by atoms with Crippen molar-refractivity contribution < 1.29 is 14.7 Å². The van der Waals surface area contributed by atoms with Gasteiger partial charge in [-0.2, -0.15) is 0 Å². The summed E-state index contributed by atoms with van der Waals surface area (Å²) in [5.74, 6) is -1.06. The molecule has 1 saturated carbocycles. The predicted molar refractivity (Wildman–Crippen MR) is 77.4 cm³/mol. The molecule has 1 aliphatic carbocycles. The molecule has 0 aromatic heterocycles. The molecule has 0 atom stereocenters. The van der Waals surface area contributed by atoms with Gasteiger partial charge in [-0.05, 0) is 42.0 Å². The van der Waals surface area contributed by atoms with Gasteiger partial charge in [0.25, 0.3) is 5.91 Å². The number of hydrogen-bond donors (Lipinski definition) is 2. The highest BCUT2D eigenvalue weighted by molar-refractivity contribution is 5.94. The first-order chi connectivity index (χ1) is 9.48. The first kappa shape index (κ1) is 14.3. The molecule has 106 valence electrons. The lowest BCUT2D eigenvalue weighted by atomic mass is 9.70. The van der Waals surface area contributed by atoms with Crippen LogP contribution in [0.5, 0.6) is 0 Å². The number of carbonyl (C=O) groups is 2. The van der Waals surface area contributed by atoms with Crippen molar-refractivity contribution in [3.8, 4) is 0 Å². The van der Waals surface area contributed by atoms with Crippen LogP contribution in [0.15, 0.2) is 30.3 Å². The van der Waals surface area contributed by atoms with Crippen molar-refractivity contribution in [3.05, 3.63) is 41.5 Å². The molecule has 0 radical (unpaired) electrons. The van der Waals surface area contributed by atoms with E-state index in [9.17, 15) is 9.59 Å². The van der Waals surface area contributed by atoms with E-state index in [1.807, 2.05) is 0 Å². The molecule has 0 aliphatic heterocycles. The highest BCUT2D eigenvalue weighted by Crippen LogP contribution is 2.39. The number of carboxylic acid groups (broad SMARTS) is 1. The number of benzene rings is 1. The molecule has 1 amide bonds. The van der Waals surface area contributed by atoms with Crippen LogP contribution in [0.25, 0.3) is 6.08 Å². The number of rotatable bonds is 5. The van der Waals surface area contributed by atoms with Crippen molar-refractivity contribution in [1.82, 2.24) is 5.32 Å². The molecule has 1 aromatic carbocycles. The van der Waals surface area contributed by atoms with Gasteiger partial charge in [0.15, 0.2) is 0 Å². The second-order valence-electron chi connectivity index (χ2n) is 5.64. The molecule has 4 nitrogen and oxygen atoms in total. The van der Waals surface area contributed by atoms with E-state index in [-0.39, 0.29) is 11.3 Å². The first-order valence-electron chi connectivity index (χ1n) is 6.78. The summed E-state index contributed by atoms with van der Waals surface area (Å²) in [6.07, 6.45) is 6.17. The zero-order chi connectivity index (χ0) is 14.6. The zero-order valence-electron chi connectivity index (χ0n) is 11.6. The van der Waals surface area contributed by atoms with Gasteiger partial charge in [-0.15, -0.1) is 0 Å². The monoisotopic (exact) mass is 273 g/mol. The molecule has 1 aliphatic rings. The summed E-state index contributed by atoms with van der Waals surface area (Å²) in [6.45, 7) is 2.91. The Morgan fingerprint density at radius 3 is 2.45 bits per heavy atom. The number of amides is 1. The molecule has 2 rings (SSSR count). The summed E-state index contributed by atoms with van der Waals surface area (Å²) >= 11 is 0. The number of aliphatic carboxylic acids is 1. The smallest absolute Gasteiger partial charge is 0.328 e. The Kier molecular flexibility index (Phi) is 4.23.